The van der Waals surface area contributed by atoms with Crippen LogP contribution >= 0.6 is 0 Å². The monoisotopic (exact) mass is 295 g/mol. The molecule has 1 unspecified atom stereocenters. The van der Waals surface area contributed by atoms with Gasteiger partial charge in [-0.25, -0.2) is 0 Å². The summed E-state index contributed by atoms with van der Waals surface area (Å²) >= 11 is 0. The van der Waals surface area contributed by atoms with E-state index in [0.29, 0.717) is 17.7 Å². The highest BCUT2D eigenvalue weighted by molar-refractivity contribution is 5.27. The highest BCUT2D eigenvalue weighted by Gasteiger charge is 2.30. The van der Waals surface area contributed by atoms with Crippen molar-refractivity contribution >= 4 is 0 Å². The third-order valence-electron chi connectivity index (χ3n) is 3.20. The molecule has 0 saturated carbocycles. The fourth-order valence-corrected chi connectivity index (χ4v) is 2.05. The predicted octanol–water partition coefficient (Wildman–Crippen LogP) is 3.31. The summed E-state index contributed by atoms with van der Waals surface area (Å²) in [5.41, 5.74) is 1.48. The van der Waals surface area contributed by atoms with E-state index >= 15 is 0 Å². The topological polar surface area (TPSA) is 37.8 Å². The molecule has 0 radical (unpaired) electrons. The van der Waals surface area contributed by atoms with E-state index in [2.05, 4.69) is 15.3 Å². The molecule has 2 aromatic rings. The van der Waals surface area contributed by atoms with Crippen molar-refractivity contribution in [1.82, 2.24) is 15.3 Å². The molecule has 0 fully saturated rings. The minimum Gasteiger partial charge on any atom is -0.311 e. The van der Waals surface area contributed by atoms with Gasteiger partial charge in [0, 0.05) is 6.20 Å². The zero-order valence-corrected chi connectivity index (χ0v) is 11.8. The molecule has 0 amide bonds. The maximum Gasteiger partial charge on any atom is 0.416 e. The highest BCUT2D eigenvalue weighted by Crippen LogP contribution is 2.30. The average Bonchev–Trinajstić information content (AvgIpc) is 2.45. The van der Waals surface area contributed by atoms with Crippen LogP contribution in [0.4, 0.5) is 13.2 Å². The van der Waals surface area contributed by atoms with Crippen LogP contribution in [0, 0.1) is 6.92 Å². The first-order chi connectivity index (χ1) is 9.90. The van der Waals surface area contributed by atoms with Gasteiger partial charge in [-0.3, -0.25) is 9.97 Å². The third-order valence-corrected chi connectivity index (χ3v) is 3.20. The van der Waals surface area contributed by atoms with Gasteiger partial charge in [0.25, 0.3) is 0 Å². The summed E-state index contributed by atoms with van der Waals surface area (Å²) in [6.07, 6.45) is -0.622. The molecule has 1 heterocycles. The second kappa shape index (κ2) is 6.22. The lowest BCUT2D eigenvalue weighted by atomic mass is 10.0. The zero-order chi connectivity index (χ0) is 15.5. The minimum absolute atomic E-state index is 0.179. The Balaban J connectivity index is 2.21. The third kappa shape index (κ3) is 4.01. The number of alkyl halides is 3. The normalized spacial score (nSPS) is 13.2. The smallest absolute Gasteiger partial charge is 0.311 e. The molecular formula is C15H16F3N3. The van der Waals surface area contributed by atoms with Crippen molar-refractivity contribution in [3.05, 3.63) is 59.2 Å². The Morgan fingerprint density at radius 3 is 2.52 bits per heavy atom. The average molecular weight is 295 g/mol. The van der Waals surface area contributed by atoms with E-state index in [1.165, 1.54) is 12.1 Å². The summed E-state index contributed by atoms with van der Waals surface area (Å²) in [6, 6.07) is 5.17. The van der Waals surface area contributed by atoms with Crippen LogP contribution in [0.2, 0.25) is 0 Å². The second-order valence-electron chi connectivity index (χ2n) is 4.83. The number of likely N-dealkylation sites (N-methyl/N-ethyl adjacent to an activating group) is 1. The number of benzene rings is 1. The summed E-state index contributed by atoms with van der Waals surface area (Å²) in [4.78, 5) is 8.43. The fourth-order valence-electron chi connectivity index (χ4n) is 2.05. The highest BCUT2D eigenvalue weighted by atomic mass is 19.4. The number of halogens is 3. The molecule has 112 valence electrons. The summed E-state index contributed by atoms with van der Waals surface area (Å²) in [5.74, 6) is 0. The Morgan fingerprint density at radius 1 is 1.19 bits per heavy atom. The maximum absolute atomic E-state index is 12.7. The molecule has 0 aliphatic carbocycles. The van der Waals surface area contributed by atoms with Crippen molar-refractivity contribution in [2.75, 3.05) is 7.05 Å². The fraction of sp³-hybridized carbons (Fsp3) is 0.333. The van der Waals surface area contributed by atoms with E-state index in [-0.39, 0.29) is 6.04 Å². The molecule has 0 bridgehead atoms. The lowest BCUT2D eigenvalue weighted by Gasteiger charge is -2.16. The molecule has 0 aliphatic rings. The molecule has 1 N–H and O–H groups in total. The molecule has 0 aliphatic heterocycles. The Kier molecular flexibility index (Phi) is 4.57. The van der Waals surface area contributed by atoms with Crippen LogP contribution in [0.5, 0.6) is 0 Å². The lowest BCUT2D eigenvalue weighted by molar-refractivity contribution is -0.137. The van der Waals surface area contributed by atoms with Gasteiger partial charge >= 0.3 is 6.18 Å². The van der Waals surface area contributed by atoms with Gasteiger partial charge < -0.3 is 5.32 Å². The van der Waals surface area contributed by atoms with Gasteiger partial charge in [-0.1, -0.05) is 18.2 Å². The van der Waals surface area contributed by atoms with Crippen LogP contribution in [0.15, 0.2) is 36.7 Å². The summed E-state index contributed by atoms with van der Waals surface area (Å²) in [6.45, 7) is 1.83. The van der Waals surface area contributed by atoms with Gasteiger partial charge in [0.2, 0.25) is 0 Å². The van der Waals surface area contributed by atoms with Gasteiger partial charge in [-0.2, -0.15) is 13.2 Å². The van der Waals surface area contributed by atoms with Crippen LogP contribution in [0.25, 0.3) is 0 Å². The van der Waals surface area contributed by atoms with Crippen LogP contribution in [-0.4, -0.2) is 17.0 Å². The number of aromatic nitrogens is 2. The Morgan fingerprint density at radius 2 is 1.95 bits per heavy atom. The maximum atomic E-state index is 12.7. The summed E-state index contributed by atoms with van der Waals surface area (Å²) in [7, 11) is 1.75. The Bertz CT molecular complexity index is 594. The van der Waals surface area contributed by atoms with Crippen molar-refractivity contribution < 1.29 is 13.2 Å². The van der Waals surface area contributed by atoms with E-state index in [1.54, 1.807) is 25.5 Å². The number of nitrogens with one attached hydrogen (secondary N) is 1. The Labute approximate surface area is 121 Å². The first kappa shape index (κ1) is 15.4. The summed E-state index contributed by atoms with van der Waals surface area (Å²) in [5, 5.41) is 3.06. The van der Waals surface area contributed by atoms with E-state index in [4.69, 9.17) is 0 Å². The van der Waals surface area contributed by atoms with Crippen molar-refractivity contribution in [2.24, 2.45) is 0 Å². The number of nitrogens with zero attached hydrogens (tertiary/aromatic N) is 2. The molecule has 1 atom stereocenters. The van der Waals surface area contributed by atoms with Gasteiger partial charge in [0.05, 0.1) is 29.2 Å². The molecule has 21 heavy (non-hydrogen) atoms. The first-order valence-corrected chi connectivity index (χ1v) is 6.52. The molecule has 0 saturated heterocycles. The second-order valence-corrected chi connectivity index (χ2v) is 4.83. The van der Waals surface area contributed by atoms with E-state index in [9.17, 15) is 13.2 Å². The first-order valence-electron chi connectivity index (χ1n) is 6.52. The van der Waals surface area contributed by atoms with Crippen molar-refractivity contribution in [1.29, 1.82) is 0 Å². The minimum atomic E-state index is -4.32. The molecular weight excluding hydrogens is 279 g/mol. The van der Waals surface area contributed by atoms with E-state index in [0.717, 1.165) is 11.8 Å². The van der Waals surface area contributed by atoms with E-state index in [1.807, 2.05) is 6.92 Å². The number of rotatable bonds is 4. The predicted molar refractivity (Wildman–Crippen MR) is 73.7 cm³/mol. The van der Waals surface area contributed by atoms with Crippen molar-refractivity contribution in [3.63, 3.8) is 0 Å². The number of hydrogen-bond donors (Lipinski definition) is 1. The van der Waals surface area contributed by atoms with Gasteiger partial charge in [-0.15, -0.1) is 0 Å². The number of aryl methyl sites for hydroxylation is 1. The van der Waals surface area contributed by atoms with Crippen molar-refractivity contribution in [3.8, 4) is 0 Å². The van der Waals surface area contributed by atoms with Crippen molar-refractivity contribution in [2.45, 2.75) is 25.6 Å². The van der Waals surface area contributed by atoms with Crippen LogP contribution < -0.4 is 5.32 Å². The molecule has 2 rings (SSSR count). The standard InChI is InChI=1S/C15H16F3N3/c1-10-8-21-14(9-20-10)13(19-2)7-11-4-3-5-12(6-11)15(16,17)18/h3-6,8-9,13,19H,7H2,1-2H3. The molecule has 1 aromatic carbocycles. The van der Waals surface area contributed by atoms with Crippen LogP contribution in [-0.2, 0) is 12.6 Å². The van der Waals surface area contributed by atoms with Gasteiger partial charge in [-0.05, 0) is 32.0 Å². The lowest BCUT2D eigenvalue weighted by Crippen LogP contribution is -2.20. The summed E-state index contributed by atoms with van der Waals surface area (Å²) < 4.78 is 38.1. The van der Waals surface area contributed by atoms with Gasteiger partial charge in [0.1, 0.15) is 0 Å². The zero-order valence-electron chi connectivity index (χ0n) is 11.8. The van der Waals surface area contributed by atoms with E-state index < -0.39 is 11.7 Å². The van der Waals surface area contributed by atoms with Gasteiger partial charge in [0.15, 0.2) is 0 Å². The quantitative estimate of drug-likeness (QED) is 0.940. The van der Waals surface area contributed by atoms with Crippen LogP contribution in [0.1, 0.15) is 28.6 Å². The molecule has 6 heteroatoms. The van der Waals surface area contributed by atoms with Crippen LogP contribution in [0.3, 0.4) is 0 Å². The number of hydrogen-bond acceptors (Lipinski definition) is 3. The molecule has 0 spiro atoms. The Hall–Kier alpha value is -1.95. The molecule has 3 nitrogen and oxygen atoms in total. The largest absolute Gasteiger partial charge is 0.416 e. The SMILES string of the molecule is CNC(Cc1cccc(C(F)(F)F)c1)c1cnc(C)cn1. The molecule has 1 aromatic heterocycles.